The molecule has 0 bridgehead atoms. The van der Waals surface area contributed by atoms with E-state index in [2.05, 4.69) is 41.8 Å². The zero-order valence-corrected chi connectivity index (χ0v) is 9.68. The molecule has 2 N–H and O–H groups in total. The molecule has 1 saturated heterocycles. The third kappa shape index (κ3) is 2.52. The Kier molecular flexibility index (Phi) is 3.75. The van der Waals surface area contributed by atoms with E-state index >= 15 is 0 Å². The summed E-state index contributed by atoms with van der Waals surface area (Å²) >= 11 is 0. The third-order valence-electron chi connectivity index (χ3n) is 3.32. The van der Waals surface area contributed by atoms with Gasteiger partial charge in [0.05, 0.1) is 0 Å². The van der Waals surface area contributed by atoms with E-state index in [1.165, 1.54) is 5.56 Å². The van der Waals surface area contributed by atoms with E-state index in [9.17, 15) is 0 Å². The zero-order chi connectivity index (χ0) is 11.4. The highest BCUT2D eigenvalue weighted by atomic mass is 15.2. The van der Waals surface area contributed by atoms with Gasteiger partial charge in [-0.15, -0.1) is 6.58 Å². The van der Waals surface area contributed by atoms with Crippen LogP contribution in [0.25, 0.3) is 0 Å². The predicted molar refractivity (Wildman–Crippen MR) is 68.4 cm³/mol. The standard InChI is InChI=1S/C14H20N2/c1-2-3-9-16-10-13(14(15)11-16)12-7-5-4-6-8-12/h2,4-8,13-14H,1,3,9-11,15H2/t13-,14+/m0/s1. The Hall–Kier alpha value is -1.12. The molecule has 1 aliphatic rings. The SMILES string of the molecule is C=CCCN1C[C@@H](N)[C@H](c2ccccc2)C1. The molecule has 1 heterocycles. The van der Waals surface area contributed by atoms with Crippen LogP contribution in [0.5, 0.6) is 0 Å². The second kappa shape index (κ2) is 5.28. The molecule has 1 aromatic rings. The molecule has 0 unspecified atom stereocenters. The van der Waals surface area contributed by atoms with Gasteiger partial charge in [-0.2, -0.15) is 0 Å². The van der Waals surface area contributed by atoms with E-state index in [0.717, 1.165) is 26.1 Å². The first-order chi connectivity index (χ1) is 7.81. The number of likely N-dealkylation sites (tertiary alicyclic amines) is 1. The minimum absolute atomic E-state index is 0.271. The summed E-state index contributed by atoms with van der Waals surface area (Å²) in [5.74, 6) is 0.492. The van der Waals surface area contributed by atoms with E-state index in [1.54, 1.807) is 0 Å². The Bertz CT molecular complexity index is 334. The molecule has 2 rings (SSSR count). The van der Waals surface area contributed by atoms with Crippen molar-refractivity contribution in [2.24, 2.45) is 5.73 Å². The lowest BCUT2D eigenvalue weighted by Gasteiger charge is -2.15. The van der Waals surface area contributed by atoms with Crippen LogP contribution in [0.15, 0.2) is 43.0 Å². The fourth-order valence-electron chi connectivity index (χ4n) is 2.42. The highest BCUT2D eigenvalue weighted by Crippen LogP contribution is 2.26. The molecule has 0 radical (unpaired) electrons. The largest absolute Gasteiger partial charge is 0.326 e. The van der Waals surface area contributed by atoms with Crippen molar-refractivity contribution in [2.75, 3.05) is 19.6 Å². The van der Waals surface area contributed by atoms with E-state index in [-0.39, 0.29) is 6.04 Å². The molecule has 2 nitrogen and oxygen atoms in total. The van der Waals surface area contributed by atoms with Crippen molar-refractivity contribution in [3.8, 4) is 0 Å². The molecule has 1 aliphatic heterocycles. The highest BCUT2D eigenvalue weighted by molar-refractivity contribution is 5.23. The second-order valence-electron chi connectivity index (χ2n) is 4.52. The van der Waals surface area contributed by atoms with Crippen LogP contribution < -0.4 is 5.73 Å². The van der Waals surface area contributed by atoms with Crippen LogP contribution in [0.1, 0.15) is 17.9 Å². The van der Waals surface area contributed by atoms with Gasteiger partial charge in [-0.25, -0.2) is 0 Å². The molecular weight excluding hydrogens is 196 g/mol. The first kappa shape index (κ1) is 11.4. The van der Waals surface area contributed by atoms with Gasteiger partial charge in [0.15, 0.2) is 0 Å². The molecule has 1 fully saturated rings. The van der Waals surface area contributed by atoms with Gasteiger partial charge in [0.25, 0.3) is 0 Å². The van der Waals surface area contributed by atoms with E-state index < -0.39 is 0 Å². The summed E-state index contributed by atoms with van der Waals surface area (Å²) in [5.41, 5.74) is 7.58. The topological polar surface area (TPSA) is 29.3 Å². The Balaban J connectivity index is 2.00. The lowest BCUT2D eigenvalue weighted by atomic mass is 9.95. The molecule has 86 valence electrons. The second-order valence-corrected chi connectivity index (χ2v) is 4.52. The monoisotopic (exact) mass is 216 g/mol. The molecule has 0 aromatic heterocycles. The van der Waals surface area contributed by atoms with Gasteiger partial charge >= 0.3 is 0 Å². The van der Waals surface area contributed by atoms with Gasteiger partial charge in [-0.05, 0) is 12.0 Å². The maximum atomic E-state index is 6.21. The summed E-state index contributed by atoms with van der Waals surface area (Å²) in [6.45, 7) is 6.93. The van der Waals surface area contributed by atoms with E-state index in [0.29, 0.717) is 5.92 Å². The number of hydrogen-bond donors (Lipinski definition) is 1. The van der Waals surface area contributed by atoms with E-state index in [1.807, 2.05) is 6.08 Å². The Morgan fingerprint density at radius 2 is 2.06 bits per heavy atom. The van der Waals surface area contributed by atoms with Crippen LogP contribution in [0.2, 0.25) is 0 Å². The maximum Gasteiger partial charge on any atom is 0.0249 e. The quantitative estimate of drug-likeness (QED) is 0.780. The van der Waals surface area contributed by atoms with Crippen LogP contribution in [0, 0.1) is 0 Å². The fourth-order valence-corrected chi connectivity index (χ4v) is 2.42. The summed E-state index contributed by atoms with van der Waals surface area (Å²) < 4.78 is 0. The average Bonchev–Trinajstić information content (AvgIpc) is 2.69. The van der Waals surface area contributed by atoms with Crippen molar-refractivity contribution >= 4 is 0 Å². The Morgan fingerprint density at radius 3 is 2.75 bits per heavy atom. The number of benzene rings is 1. The lowest BCUT2D eigenvalue weighted by molar-refractivity contribution is 0.338. The molecule has 2 heteroatoms. The molecule has 2 atom stereocenters. The van der Waals surface area contributed by atoms with Crippen molar-refractivity contribution in [3.63, 3.8) is 0 Å². The summed E-state index contributed by atoms with van der Waals surface area (Å²) in [4.78, 5) is 2.43. The summed E-state index contributed by atoms with van der Waals surface area (Å²) in [7, 11) is 0. The summed E-state index contributed by atoms with van der Waals surface area (Å²) in [5, 5.41) is 0. The number of nitrogens with zero attached hydrogens (tertiary/aromatic N) is 1. The lowest BCUT2D eigenvalue weighted by Crippen LogP contribution is -2.29. The average molecular weight is 216 g/mol. The third-order valence-corrected chi connectivity index (χ3v) is 3.32. The van der Waals surface area contributed by atoms with Gasteiger partial charge < -0.3 is 10.6 Å². The minimum Gasteiger partial charge on any atom is -0.326 e. The smallest absolute Gasteiger partial charge is 0.0249 e. The molecule has 16 heavy (non-hydrogen) atoms. The van der Waals surface area contributed by atoms with E-state index in [4.69, 9.17) is 5.73 Å². The van der Waals surface area contributed by atoms with Crippen LogP contribution in [0.4, 0.5) is 0 Å². The first-order valence-corrected chi connectivity index (χ1v) is 5.95. The van der Waals surface area contributed by atoms with Crippen LogP contribution in [-0.4, -0.2) is 30.6 Å². The number of rotatable bonds is 4. The van der Waals surface area contributed by atoms with Crippen molar-refractivity contribution < 1.29 is 0 Å². The van der Waals surface area contributed by atoms with Crippen molar-refractivity contribution in [3.05, 3.63) is 48.6 Å². The molecule has 0 amide bonds. The minimum atomic E-state index is 0.271. The van der Waals surface area contributed by atoms with Crippen molar-refractivity contribution in [1.29, 1.82) is 0 Å². The van der Waals surface area contributed by atoms with Gasteiger partial charge in [-0.3, -0.25) is 0 Å². The zero-order valence-electron chi connectivity index (χ0n) is 9.68. The predicted octanol–water partition coefficient (Wildman–Crippen LogP) is 1.99. The van der Waals surface area contributed by atoms with Gasteiger partial charge in [0, 0.05) is 31.6 Å². The number of nitrogens with two attached hydrogens (primary N) is 1. The summed E-state index contributed by atoms with van der Waals surface area (Å²) in [6, 6.07) is 10.9. The first-order valence-electron chi connectivity index (χ1n) is 5.95. The fraction of sp³-hybridized carbons (Fsp3) is 0.429. The van der Waals surface area contributed by atoms with Gasteiger partial charge in [0.1, 0.15) is 0 Å². The van der Waals surface area contributed by atoms with Crippen LogP contribution >= 0.6 is 0 Å². The molecular formula is C14H20N2. The van der Waals surface area contributed by atoms with Crippen LogP contribution in [0.3, 0.4) is 0 Å². The molecule has 0 aliphatic carbocycles. The summed E-state index contributed by atoms with van der Waals surface area (Å²) in [6.07, 6.45) is 3.02. The molecule has 1 aromatic carbocycles. The Labute approximate surface area is 97.8 Å². The highest BCUT2D eigenvalue weighted by Gasteiger charge is 2.30. The molecule has 0 spiro atoms. The number of hydrogen-bond acceptors (Lipinski definition) is 2. The van der Waals surface area contributed by atoms with Crippen molar-refractivity contribution in [1.82, 2.24) is 4.90 Å². The van der Waals surface area contributed by atoms with Gasteiger partial charge in [0.2, 0.25) is 0 Å². The molecule has 0 saturated carbocycles. The van der Waals surface area contributed by atoms with Crippen molar-refractivity contribution in [2.45, 2.75) is 18.4 Å². The van der Waals surface area contributed by atoms with Crippen LogP contribution in [-0.2, 0) is 0 Å². The maximum absolute atomic E-state index is 6.21. The normalized spacial score (nSPS) is 25.8. The van der Waals surface area contributed by atoms with Gasteiger partial charge in [-0.1, -0.05) is 36.4 Å². The Morgan fingerprint density at radius 1 is 1.31 bits per heavy atom.